The van der Waals surface area contributed by atoms with Crippen LogP contribution in [0.15, 0.2) is 24.3 Å². The van der Waals surface area contributed by atoms with Crippen LogP contribution in [0, 0.1) is 11.8 Å². The molecule has 6 atom stereocenters. The smallest absolute Gasteiger partial charge is 0.393 e. The van der Waals surface area contributed by atoms with Crippen molar-refractivity contribution in [3.05, 3.63) is 24.3 Å². The fourth-order valence-corrected chi connectivity index (χ4v) is 3.83. The molecule has 0 aromatic heterocycles. The molecule has 6 heteroatoms. The molecule has 1 fully saturated rings. The topological polar surface area (TPSA) is 98.0 Å². The predicted molar refractivity (Wildman–Crippen MR) is 101 cm³/mol. The van der Waals surface area contributed by atoms with Gasteiger partial charge in [0.1, 0.15) is 0 Å². The van der Waals surface area contributed by atoms with Crippen molar-refractivity contribution < 1.29 is 24.8 Å². The summed E-state index contributed by atoms with van der Waals surface area (Å²) < 4.78 is 10.6. The molecule has 0 spiro atoms. The molecule has 0 radical (unpaired) electrons. The Balaban J connectivity index is 2.46. The molecule has 3 unspecified atom stereocenters. The van der Waals surface area contributed by atoms with Crippen LogP contribution in [0.2, 0.25) is 0 Å². The lowest BCUT2D eigenvalue weighted by atomic mass is 9.89. The molecule has 0 saturated heterocycles. The van der Waals surface area contributed by atoms with Gasteiger partial charge in [-0.05, 0) is 36.2 Å². The highest BCUT2D eigenvalue weighted by Gasteiger charge is 2.39. The first-order chi connectivity index (χ1) is 12.0. The number of hydrogen-bond acceptors (Lipinski definition) is 4. The molecule has 4 N–H and O–H groups in total. The third-order valence-electron chi connectivity index (χ3n) is 4.87. The van der Waals surface area contributed by atoms with E-state index in [1.807, 2.05) is 18.2 Å². The molecule has 0 bridgehead atoms. The molecule has 1 rings (SSSR count). The average Bonchev–Trinajstić information content (AvgIpc) is 2.82. The normalized spacial score (nSPS) is 28.9. The molecule has 0 amide bonds. The van der Waals surface area contributed by atoms with Crippen LogP contribution in [0.4, 0.5) is 0 Å². The van der Waals surface area contributed by atoms with E-state index in [1.54, 1.807) is 6.08 Å². The minimum Gasteiger partial charge on any atom is -0.393 e. The Hall–Kier alpha value is -0.580. The third-order valence-corrected chi connectivity index (χ3v) is 5.57. The highest BCUT2D eigenvalue weighted by molar-refractivity contribution is 7.37. The summed E-state index contributed by atoms with van der Waals surface area (Å²) >= 11 is 0. The minimum absolute atomic E-state index is 0.0557. The third kappa shape index (κ3) is 9.07. The first-order valence-corrected chi connectivity index (χ1v) is 10.9. The zero-order valence-electron chi connectivity index (χ0n) is 15.2. The van der Waals surface area contributed by atoms with Gasteiger partial charge >= 0.3 is 8.03 Å². The molecule has 0 aliphatic heterocycles. The molecule has 144 valence electrons. The summed E-state index contributed by atoms with van der Waals surface area (Å²) in [7, 11) is -2.06. The highest BCUT2D eigenvalue weighted by Crippen LogP contribution is 2.36. The maximum Gasteiger partial charge on any atom is 0.505 e. The van der Waals surface area contributed by atoms with Crippen molar-refractivity contribution in [2.75, 3.05) is 6.16 Å². The van der Waals surface area contributed by atoms with Gasteiger partial charge in [-0.25, -0.2) is 0 Å². The van der Waals surface area contributed by atoms with E-state index < -0.39 is 26.3 Å². The Bertz CT molecular complexity index is 438. The highest BCUT2D eigenvalue weighted by atomic mass is 31.1. The van der Waals surface area contributed by atoms with Gasteiger partial charge in [0, 0.05) is 12.3 Å². The molecule has 1 aliphatic carbocycles. The number of unbranched alkanes of at least 4 members (excludes halogenated alkanes) is 3. The summed E-state index contributed by atoms with van der Waals surface area (Å²) in [4.78, 5) is 8.75. The van der Waals surface area contributed by atoms with Gasteiger partial charge in [0.05, 0.1) is 18.3 Å². The van der Waals surface area contributed by atoms with Crippen molar-refractivity contribution >= 4 is 8.03 Å². The lowest BCUT2D eigenvalue weighted by Gasteiger charge is -2.19. The van der Waals surface area contributed by atoms with Gasteiger partial charge in [-0.1, -0.05) is 50.5 Å². The van der Waals surface area contributed by atoms with Gasteiger partial charge in [0.2, 0.25) is 0 Å². The summed E-state index contributed by atoms with van der Waals surface area (Å²) in [6.07, 6.45) is 12.7. The largest absolute Gasteiger partial charge is 0.505 e. The minimum atomic E-state index is -2.06. The second-order valence-electron chi connectivity index (χ2n) is 6.98. The predicted octanol–water partition coefficient (Wildman–Crippen LogP) is 3.30. The Labute approximate surface area is 152 Å². The maximum absolute atomic E-state index is 10.6. The van der Waals surface area contributed by atoms with Crippen LogP contribution in [-0.4, -0.2) is 44.7 Å². The van der Waals surface area contributed by atoms with E-state index >= 15 is 0 Å². The number of aliphatic hydroxyl groups excluding tert-OH is 3. The van der Waals surface area contributed by atoms with E-state index in [0.29, 0.717) is 25.4 Å². The maximum atomic E-state index is 10.6. The zero-order chi connectivity index (χ0) is 18.7. The summed E-state index contributed by atoms with van der Waals surface area (Å²) in [5, 5.41) is 30.4. The molecule has 1 aliphatic rings. The quantitative estimate of drug-likeness (QED) is 0.239. The van der Waals surface area contributed by atoms with Gasteiger partial charge < -0.3 is 15.3 Å². The van der Waals surface area contributed by atoms with E-state index in [4.69, 9.17) is 4.89 Å². The number of hydrogen-bond donors (Lipinski definition) is 4. The number of aliphatic hydroxyl groups is 3. The molecule has 1 saturated carbocycles. The van der Waals surface area contributed by atoms with Gasteiger partial charge in [-0.15, -0.1) is 0 Å². The van der Waals surface area contributed by atoms with Crippen molar-refractivity contribution in [3.8, 4) is 0 Å². The SMILES string of the molecule is CCCCCC(O)/C=C/[C@@H]1C(C/C=C\CCC[P+](=O)O)[C@@H](O)C[C@H]1O. The van der Waals surface area contributed by atoms with Crippen molar-refractivity contribution in [3.63, 3.8) is 0 Å². The monoisotopic (exact) mass is 373 g/mol. The lowest BCUT2D eigenvalue weighted by Crippen LogP contribution is -2.20. The Morgan fingerprint density at radius 1 is 1.16 bits per heavy atom. The Morgan fingerprint density at radius 3 is 2.60 bits per heavy atom. The van der Waals surface area contributed by atoms with Crippen LogP contribution < -0.4 is 0 Å². The van der Waals surface area contributed by atoms with Gasteiger partial charge in [-0.2, -0.15) is 4.89 Å². The number of rotatable bonds is 12. The van der Waals surface area contributed by atoms with Crippen molar-refractivity contribution in [2.24, 2.45) is 11.8 Å². The van der Waals surface area contributed by atoms with Crippen LogP contribution in [-0.2, 0) is 4.57 Å². The standard InChI is InChI=1S/C19H33O5P/c1-2-3-6-9-15(20)11-12-17-16(18(21)14-19(17)22)10-7-4-5-8-13-25(23)24/h4,7,11-12,15-22H,2-3,5-6,8-10,13-14H2,1H3/p+1/b7-4-,12-11+/t15?,16?,17-,18+,19-/m1/s1. The van der Waals surface area contributed by atoms with Crippen molar-refractivity contribution in [1.82, 2.24) is 0 Å². The van der Waals surface area contributed by atoms with E-state index in [2.05, 4.69) is 6.92 Å². The van der Waals surface area contributed by atoms with Crippen LogP contribution in [0.3, 0.4) is 0 Å². The molecule has 0 aromatic rings. The summed E-state index contributed by atoms with van der Waals surface area (Å²) in [6.45, 7) is 2.13. The van der Waals surface area contributed by atoms with Crippen LogP contribution in [0.1, 0.15) is 58.3 Å². The first-order valence-electron chi connectivity index (χ1n) is 9.46. The van der Waals surface area contributed by atoms with Crippen LogP contribution in [0.25, 0.3) is 0 Å². The summed E-state index contributed by atoms with van der Waals surface area (Å²) in [5.74, 6) is -0.202. The summed E-state index contributed by atoms with van der Waals surface area (Å²) in [5.41, 5.74) is 0. The second-order valence-corrected chi connectivity index (χ2v) is 8.14. The van der Waals surface area contributed by atoms with Gasteiger partial charge in [-0.3, -0.25) is 0 Å². The fraction of sp³-hybridized carbons (Fsp3) is 0.789. The Kier molecular flexibility index (Phi) is 11.4. The number of allylic oxidation sites excluding steroid dienone is 2. The average molecular weight is 373 g/mol. The van der Waals surface area contributed by atoms with E-state index in [0.717, 1.165) is 32.1 Å². The molecule has 25 heavy (non-hydrogen) atoms. The van der Waals surface area contributed by atoms with Crippen LogP contribution in [0.5, 0.6) is 0 Å². The van der Waals surface area contributed by atoms with Gasteiger partial charge in [0.25, 0.3) is 0 Å². The van der Waals surface area contributed by atoms with E-state index in [9.17, 15) is 19.9 Å². The van der Waals surface area contributed by atoms with Crippen molar-refractivity contribution in [1.29, 1.82) is 0 Å². The fourth-order valence-electron chi connectivity index (χ4n) is 3.38. The van der Waals surface area contributed by atoms with Crippen molar-refractivity contribution in [2.45, 2.75) is 76.6 Å². The van der Waals surface area contributed by atoms with E-state index in [-0.39, 0.29) is 11.8 Å². The lowest BCUT2D eigenvalue weighted by molar-refractivity contribution is 0.120. The molecular formula is C19H34O5P+. The summed E-state index contributed by atoms with van der Waals surface area (Å²) in [6, 6.07) is 0. The molecular weight excluding hydrogens is 339 g/mol. The molecule has 0 heterocycles. The second kappa shape index (κ2) is 12.7. The van der Waals surface area contributed by atoms with Crippen LogP contribution >= 0.6 is 8.03 Å². The first kappa shape index (κ1) is 22.5. The molecule has 0 aromatic carbocycles. The van der Waals surface area contributed by atoms with Gasteiger partial charge in [0.15, 0.2) is 6.16 Å². The molecule has 5 nitrogen and oxygen atoms in total. The van der Waals surface area contributed by atoms with E-state index in [1.165, 1.54) is 0 Å². The Morgan fingerprint density at radius 2 is 1.92 bits per heavy atom. The zero-order valence-corrected chi connectivity index (χ0v) is 16.1.